The molecule has 3 N–H and O–H groups in total. The van der Waals surface area contributed by atoms with E-state index < -0.39 is 29.6 Å². The molecule has 1 aliphatic carbocycles. The van der Waals surface area contributed by atoms with Crippen molar-refractivity contribution in [3.05, 3.63) is 95.6 Å². The van der Waals surface area contributed by atoms with E-state index in [0.717, 1.165) is 22.3 Å². The Bertz CT molecular complexity index is 1240. The number of aliphatic hydroxyl groups is 1. The van der Waals surface area contributed by atoms with Gasteiger partial charge in [0.2, 0.25) is 5.91 Å². The molecule has 1 atom stereocenters. The Morgan fingerprint density at radius 3 is 2.03 bits per heavy atom. The van der Waals surface area contributed by atoms with E-state index in [1.165, 1.54) is 4.90 Å². The molecular weight excluding hydrogens is 448 g/mol. The number of nitrogens with zero attached hydrogens (tertiary/aromatic N) is 1. The summed E-state index contributed by atoms with van der Waals surface area (Å²) in [6.07, 6.45) is -0.761. The summed E-state index contributed by atoms with van der Waals surface area (Å²) in [5.41, 5.74) is 2.92. The van der Waals surface area contributed by atoms with Gasteiger partial charge in [0.25, 0.3) is 0 Å². The molecule has 2 amide bonds. The van der Waals surface area contributed by atoms with Crippen LogP contribution in [0.25, 0.3) is 11.1 Å². The number of alkyl carbamates (subject to hydrolysis) is 1. The Labute approximate surface area is 201 Å². The molecule has 8 heteroatoms. The summed E-state index contributed by atoms with van der Waals surface area (Å²) < 4.78 is 5.59. The second-order valence-electron chi connectivity index (χ2n) is 8.84. The fraction of sp³-hybridized carbons (Fsp3) is 0.222. The molecule has 0 bridgehead atoms. The molecule has 1 heterocycles. The zero-order valence-corrected chi connectivity index (χ0v) is 18.8. The minimum atomic E-state index is -1.97. The number of amides is 2. The van der Waals surface area contributed by atoms with Gasteiger partial charge in [-0.15, -0.1) is 0 Å². The predicted molar refractivity (Wildman–Crippen MR) is 127 cm³/mol. The maximum atomic E-state index is 13.1. The number of β-amino-alcohol motifs (C(OH)–C–C–N with tert-alkyl or cyclic N) is 1. The highest BCUT2D eigenvalue weighted by Gasteiger charge is 2.51. The molecule has 2 aliphatic rings. The van der Waals surface area contributed by atoms with E-state index in [1.54, 1.807) is 30.3 Å². The molecule has 8 nitrogen and oxygen atoms in total. The van der Waals surface area contributed by atoms with Crippen LogP contribution in [0, 0.1) is 0 Å². The summed E-state index contributed by atoms with van der Waals surface area (Å²) in [5.74, 6) is -2.03. The molecule has 5 rings (SSSR count). The maximum Gasteiger partial charge on any atom is 0.408 e. The van der Waals surface area contributed by atoms with Crippen molar-refractivity contribution in [2.24, 2.45) is 0 Å². The highest BCUT2D eigenvalue weighted by atomic mass is 16.5. The van der Waals surface area contributed by atoms with Gasteiger partial charge in [-0.2, -0.15) is 0 Å². The third-order valence-corrected chi connectivity index (χ3v) is 6.60. The van der Waals surface area contributed by atoms with Gasteiger partial charge < -0.3 is 25.2 Å². The van der Waals surface area contributed by atoms with Crippen molar-refractivity contribution in [3.63, 3.8) is 0 Å². The first kappa shape index (κ1) is 22.6. The van der Waals surface area contributed by atoms with Crippen molar-refractivity contribution >= 4 is 18.0 Å². The van der Waals surface area contributed by atoms with Crippen molar-refractivity contribution in [2.75, 3.05) is 19.7 Å². The van der Waals surface area contributed by atoms with Crippen LogP contribution in [0.15, 0.2) is 78.9 Å². The molecule has 0 radical (unpaired) electrons. The highest BCUT2D eigenvalue weighted by Crippen LogP contribution is 2.44. The number of carboxylic acids is 1. The topological polar surface area (TPSA) is 116 Å². The molecule has 0 unspecified atom stereocenters. The minimum absolute atomic E-state index is 0.0953. The van der Waals surface area contributed by atoms with Crippen LogP contribution in [0.4, 0.5) is 4.79 Å². The number of rotatable bonds is 6. The lowest BCUT2D eigenvalue weighted by molar-refractivity contribution is -0.182. The van der Waals surface area contributed by atoms with Crippen LogP contribution < -0.4 is 5.32 Å². The number of carboxylic acid groups (broad SMARTS) is 1. The average molecular weight is 472 g/mol. The van der Waals surface area contributed by atoms with E-state index in [1.807, 2.05) is 48.5 Å². The lowest BCUT2D eigenvalue weighted by atomic mass is 9.92. The minimum Gasteiger partial charge on any atom is -0.479 e. The van der Waals surface area contributed by atoms with Crippen molar-refractivity contribution in [2.45, 2.75) is 17.6 Å². The van der Waals surface area contributed by atoms with E-state index >= 15 is 0 Å². The van der Waals surface area contributed by atoms with Crippen LogP contribution >= 0.6 is 0 Å². The number of hydrogen-bond donors (Lipinski definition) is 3. The van der Waals surface area contributed by atoms with Gasteiger partial charge in [-0.25, -0.2) is 9.59 Å². The first-order chi connectivity index (χ1) is 16.9. The zero-order valence-electron chi connectivity index (χ0n) is 18.8. The van der Waals surface area contributed by atoms with Gasteiger partial charge in [0.1, 0.15) is 12.6 Å². The lowest BCUT2D eigenvalue weighted by Crippen LogP contribution is -2.68. The van der Waals surface area contributed by atoms with Gasteiger partial charge in [-0.3, -0.25) is 4.79 Å². The number of hydrogen-bond acceptors (Lipinski definition) is 5. The maximum absolute atomic E-state index is 13.1. The summed E-state index contributed by atoms with van der Waals surface area (Å²) in [5, 5.41) is 21.8. The van der Waals surface area contributed by atoms with Crippen molar-refractivity contribution in [3.8, 4) is 11.1 Å². The molecule has 0 spiro atoms. The molecule has 178 valence electrons. The second-order valence-corrected chi connectivity index (χ2v) is 8.84. The Hall–Kier alpha value is -4.17. The van der Waals surface area contributed by atoms with Crippen LogP contribution in [-0.2, 0) is 14.3 Å². The van der Waals surface area contributed by atoms with Gasteiger partial charge in [-0.05, 0) is 27.8 Å². The molecule has 1 saturated heterocycles. The number of likely N-dealkylation sites (tertiary alicyclic amines) is 1. The predicted octanol–water partition coefficient (Wildman–Crippen LogP) is 2.92. The zero-order chi connectivity index (χ0) is 24.6. The summed E-state index contributed by atoms with van der Waals surface area (Å²) in [4.78, 5) is 38.3. The highest BCUT2D eigenvalue weighted by molar-refractivity contribution is 5.90. The first-order valence-electron chi connectivity index (χ1n) is 11.3. The standard InChI is InChI=1S/C27H24N2O6/c30-24(29-15-27(34,16-29)25(31)32)23(17-8-2-1-3-9-17)28-26(33)35-14-22-20-12-6-4-10-18(20)19-11-5-7-13-21(19)22/h1-13,22-23,34H,14-16H2,(H,28,33)(H,31,32)/t23-/m0/s1. The third kappa shape index (κ3) is 4.13. The average Bonchev–Trinajstić information content (AvgIpc) is 3.18. The molecule has 1 aliphatic heterocycles. The Morgan fingerprint density at radius 1 is 0.914 bits per heavy atom. The molecule has 0 saturated carbocycles. The smallest absolute Gasteiger partial charge is 0.408 e. The quantitative estimate of drug-likeness (QED) is 0.508. The number of ether oxygens (including phenoxy) is 1. The van der Waals surface area contributed by atoms with E-state index in [4.69, 9.17) is 9.84 Å². The summed E-state index contributed by atoms with van der Waals surface area (Å²) >= 11 is 0. The number of carbonyl (C=O) groups excluding carboxylic acids is 2. The number of carbonyl (C=O) groups is 3. The van der Waals surface area contributed by atoms with E-state index in [0.29, 0.717) is 5.56 Å². The van der Waals surface area contributed by atoms with E-state index in [9.17, 15) is 19.5 Å². The summed E-state index contributed by atoms with van der Waals surface area (Å²) in [6.45, 7) is -0.605. The van der Waals surface area contributed by atoms with Crippen molar-refractivity contribution in [1.82, 2.24) is 10.2 Å². The molecule has 3 aromatic carbocycles. The molecule has 0 aromatic heterocycles. The first-order valence-corrected chi connectivity index (χ1v) is 11.3. The van der Waals surface area contributed by atoms with Gasteiger partial charge in [0.05, 0.1) is 13.1 Å². The van der Waals surface area contributed by atoms with Crippen LogP contribution in [0.1, 0.15) is 28.7 Å². The summed E-state index contributed by atoms with van der Waals surface area (Å²) in [6, 6.07) is 23.5. The second kappa shape index (κ2) is 8.88. The fourth-order valence-corrected chi connectivity index (χ4v) is 4.75. The van der Waals surface area contributed by atoms with Gasteiger partial charge in [0.15, 0.2) is 5.60 Å². The van der Waals surface area contributed by atoms with Crippen LogP contribution in [0.2, 0.25) is 0 Å². The van der Waals surface area contributed by atoms with Crippen LogP contribution in [0.5, 0.6) is 0 Å². The monoisotopic (exact) mass is 472 g/mol. The van der Waals surface area contributed by atoms with Crippen LogP contribution in [-0.4, -0.2) is 58.4 Å². The summed E-state index contributed by atoms with van der Waals surface area (Å²) in [7, 11) is 0. The Morgan fingerprint density at radius 2 is 1.46 bits per heavy atom. The number of fused-ring (bicyclic) bond motifs is 3. The molecule has 3 aromatic rings. The number of aliphatic carboxylic acids is 1. The van der Waals surface area contributed by atoms with Crippen LogP contribution in [0.3, 0.4) is 0 Å². The Kier molecular flexibility index (Phi) is 5.74. The third-order valence-electron chi connectivity index (χ3n) is 6.60. The van der Waals surface area contributed by atoms with Gasteiger partial charge >= 0.3 is 12.1 Å². The SMILES string of the molecule is O=C(N[C@H](C(=O)N1CC(O)(C(=O)O)C1)c1ccccc1)OCC1c2ccccc2-c2ccccc21. The fourth-order valence-electron chi connectivity index (χ4n) is 4.75. The molecule has 1 fully saturated rings. The largest absolute Gasteiger partial charge is 0.479 e. The normalized spacial score (nSPS) is 16.4. The lowest BCUT2D eigenvalue weighted by Gasteiger charge is -2.44. The molecule has 35 heavy (non-hydrogen) atoms. The van der Waals surface area contributed by atoms with Gasteiger partial charge in [0, 0.05) is 5.92 Å². The van der Waals surface area contributed by atoms with E-state index in [2.05, 4.69) is 5.32 Å². The molecular formula is C27H24N2O6. The van der Waals surface area contributed by atoms with E-state index in [-0.39, 0.29) is 25.6 Å². The van der Waals surface area contributed by atoms with Crippen molar-refractivity contribution in [1.29, 1.82) is 0 Å². The number of nitrogens with one attached hydrogen (secondary N) is 1. The Balaban J connectivity index is 1.30. The number of benzene rings is 3. The van der Waals surface area contributed by atoms with Gasteiger partial charge in [-0.1, -0.05) is 78.9 Å². The van der Waals surface area contributed by atoms with Crippen molar-refractivity contribution < 1.29 is 29.3 Å².